The Balaban J connectivity index is 0.000000241. The summed E-state index contributed by atoms with van der Waals surface area (Å²) in [6.45, 7) is 5.80. The Morgan fingerprint density at radius 1 is 0.703 bits per heavy atom. The molecule has 4 heterocycles. The van der Waals surface area contributed by atoms with Gasteiger partial charge in [-0.05, 0) is 84.3 Å². The number of halogens is 2. The first-order valence-corrected chi connectivity index (χ1v) is 20.5. The van der Waals surface area contributed by atoms with E-state index in [2.05, 4.69) is 33.6 Å². The summed E-state index contributed by atoms with van der Waals surface area (Å²) in [5.74, 6) is 7.61. The molecule has 16 heteroatoms. The van der Waals surface area contributed by atoms with Gasteiger partial charge in [-0.25, -0.2) is 18.7 Å². The van der Waals surface area contributed by atoms with Crippen molar-refractivity contribution in [3.63, 3.8) is 0 Å². The number of likely N-dealkylation sites (N-methyl/N-ethyl adjacent to an activating group) is 2. The van der Waals surface area contributed by atoms with Gasteiger partial charge in [0.05, 0.1) is 11.4 Å². The molecule has 2 aliphatic rings. The summed E-state index contributed by atoms with van der Waals surface area (Å²) in [4.78, 5) is 59.6. The van der Waals surface area contributed by atoms with Crippen molar-refractivity contribution < 1.29 is 47.6 Å². The van der Waals surface area contributed by atoms with Crippen LogP contribution in [0.2, 0.25) is 0 Å². The number of carbonyl (C=O) groups excluding carboxylic acids is 4. The minimum absolute atomic E-state index is 0.0789. The van der Waals surface area contributed by atoms with E-state index in [9.17, 15) is 38.2 Å². The first-order chi connectivity index (χ1) is 30.3. The van der Waals surface area contributed by atoms with E-state index in [-0.39, 0.29) is 58.6 Å². The van der Waals surface area contributed by atoms with Crippen LogP contribution >= 0.6 is 0 Å². The maximum Gasteiger partial charge on any atom is 0.267 e. The molecule has 0 saturated carbocycles. The molecule has 0 radical (unpaired) electrons. The summed E-state index contributed by atoms with van der Waals surface area (Å²) < 4.78 is 39.5. The third-order valence-electron chi connectivity index (χ3n) is 10.8. The van der Waals surface area contributed by atoms with Crippen molar-refractivity contribution in [2.75, 3.05) is 54.6 Å². The van der Waals surface area contributed by atoms with Gasteiger partial charge in [0.1, 0.15) is 23.0 Å². The lowest BCUT2D eigenvalue weighted by Crippen LogP contribution is -2.37. The van der Waals surface area contributed by atoms with Crippen LogP contribution in [0.1, 0.15) is 69.9 Å². The molecule has 4 aromatic rings. The number of ether oxygens (including phenoxy) is 2. The zero-order chi connectivity index (χ0) is 46.9. The summed E-state index contributed by atoms with van der Waals surface area (Å²) in [7, 11) is 6.40. The molecule has 4 amide bonds. The third-order valence-corrected chi connectivity index (χ3v) is 10.8. The van der Waals surface area contributed by atoms with E-state index in [1.807, 2.05) is 13.8 Å². The molecule has 6 rings (SSSR count). The van der Waals surface area contributed by atoms with Crippen LogP contribution in [0.3, 0.4) is 0 Å². The fraction of sp³-hybridized carbons (Fsp3) is 0.375. The van der Waals surface area contributed by atoms with Gasteiger partial charge in [0.25, 0.3) is 23.6 Å². The molecule has 2 fully saturated rings. The Kier molecular flexibility index (Phi) is 15.7. The first-order valence-electron chi connectivity index (χ1n) is 20.5. The molecule has 336 valence electrons. The average molecular weight is 879 g/mol. The molecule has 4 atom stereocenters. The summed E-state index contributed by atoms with van der Waals surface area (Å²) in [6, 6.07) is 15.0. The highest BCUT2D eigenvalue weighted by Crippen LogP contribution is 2.28. The average Bonchev–Trinajstić information content (AvgIpc) is 3.67. The Bertz CT molecular complexity index is 2390. The van der Waals surface area contributed by atoms with E-state index in [4.69, 9.17) is 20.9 Å². The molecule has 64 heavy (non-hydrogen) atoms. The second-order valence-electron chi connectivity index (χ2n) is 16.2. The molecule has 0 bridgehead atoms. The number of methoxy groups -OCH3 is 2. The maximum absolute atomic E-state index is 14.6. The van der Waals surface area contributed by atoms with Crippen LogP contribution in [0.5, 0.6) is 0 Å². The van der Waals surface area contributed by atoms with Gasteiger partial charge < -0.3 is 41.0 Å². The van der Waals surface area contributed by atoms with E-state index >= 15 is 0 Å². The van der Waals surface area contributed by atoms with Gasteiger partial charge in [-0.2, -0.15) is 0 Å². The standard InChI is InChI=1S/2C24H26FN3O4/c2*1-15(14-32-3)12-17-5-7-20(27-21(17)22(26)29)18-13-16(4-6-19(18)25)8-9-24(31)10-11-28(2)23(24)30/h2*4-7,13,15,31H,10-12,14H2,1-3H3,(H2,26,29)/t15-,24+;15-,24-/m10/s1. The van der Waals surface area contributed by atoms with Crippen molar-refractivity contribution in [3.05, 3.63) is 106 Å². The molecular weight excluding hydrogens is 827 g/mol. The number of likely N-dealkylation sites (tertiary alicyclic amines) is 2. The molecule has 14 nitrogen and oxygen atoms in total. The number of rotatable bonds is 12. The number of carbonyl (C=O) groups is 4. The predicted octanol–water partition coefficient (Wildman–Crippen LogP) is 3.51. The summed E-state index contributed by atoms with van der Waals surface area (Å²) in [6.07, 6.45) is 1.48. The number of primary amides is 2. The van der Waals surface area contributed by atoms with E-state index in [0.29, 0.717) is 61.4 Å². The lowest BCUT2D eigenvalue weighted by Gasteiger charge is -2.14. The third kappa shape index (κ3) is 11.5. The molecule has 2 aromatic carbocycles. The van der Waals surface area contributed by atoms with Crippen LogP contribution in [-0.4, -0.2) is 119 Å². The Morgan fingerprint density at radius 2 is 1.08 bits per heavy atom. The number of benzene rings is 2. The minimum Gasteiger partial charge on any atom is -0.384 e. The lowest BCUT2D eigenvalue weighted by molar-refractivity contribution is -0.138. The maximum atomic E-state index is 14.6. The fourth-order valence-electron chi connectivity index (χ4n) is 7.36. The number of aromatic nitrogens is 2. The predicted molar refractivity (Wildman–Crippen MR) is 234 cm³/mol. The van der Waals surface area contributed by atoms with Crippen LogP contribution < -0.4 is 11.5 Å². The van der Waals surface area contributed by atoms with Crippen LogP contribution in [0, 0.1) is 47.2 Å². The normalized spacial score (nSPS) is 18.9. The van der Waals surface area contributed by atoms with Gasteiger partial charge in [0.15, 0.2) is 0 Å². The molecule has 0 aliphatic carbocycles. The van der Waals surface area contributed by atoms with Gasteiger partial charge in [0, 0.05) is 89.7 Å². The van der Waals surface area contributed by atoms with E-state index in [1.54, 1.807) is 52.6 Å². The molecule has 0 unspecified atom stereocenters. The van der Waals surface area contributed by atoms with Crippen LogP contribution in [0.25, 0.3) is 22.5 Å². The van der Waals surface area contributed by atoms with E-state index in [0.717, 1.165) is 0 Å². The minimum atomic E-state index is -1.75. The number of hydrogen-bond acceptors (Lipinski definition) is 10. The Hall–Kier alpha value is -6.56. The molecule has 2 aliphatic heterocycles. The zero-order valence-corrected chi connectivity index (χ0v) is 36.6. The van der Waals surface area contributed by atoms with Gasteiger partial charge in [-0.3, -0.25) is 19.2 Å². The van der Waals surface area contributed by atoms with Gasteiger partial charge in [-0.15, -0.1) is 0 Å². The van der Waals surface area contributed by atoms with Crippen molar-refractivity contribution in [3.8, 4) is 46.2 Å². The molecular formula is C48H52F2N6O8. The second-order valence-corrected chi connectivity index (χ2v) is 16.2. The van der Waals surface area contributed by atoms with Gasteiger partial charge in [-0.1, -0.05) is 49.7 Å². The van der Waals surface area contributed by atoms with Crippen molar-refractivity contribution in [1.29, 1.82) is 0 Å². The number of aliphatic hydroxyl groups is 2. The highest BCUT2D eigenvalue weighted by Gasteiger charge is 2.43. The van der Waals surface area contributed by atoms with Crippen LogP contribution in [0.15, 0.2) is 60.7 Å². The number of hydrogen-bond donors (Lipinski definition) is 4. The largest absolute Gasteiger partial charge is 0.384 e. The molecule has 6 N–H and O–H groups in total. The van der Waals surface area contributed by atoms with Crippen molar-refractivity contribution >= 4 is 23.6 Å². The highest BCUT2D eigenvalue weighted by molar-refractivity contribution is 5.94. The van der Waals surface area contributed by atoms with Crippen LogP contribution in [-0.2, 0) is 31.9 Å². The van der Waals surface area contributed by atoms with E-state index < -0.39 is 46.5 Å². The number of nitrogens with two attached hydrogens (primary N) is 2. The number of amides is 4. The number of pyridine rings is 2. The smallest absolute Gasteiger partial charge is 0.267 e. The fourth-order valence-corrected chi connectivity index (χ4v) is 7.36. The summed E-state index contributed by atoms with van der Waals surface area (Å²) in [5.41, 5.74) is 10.6. The Morgan fingerprint density at radius 3 is 1.39 bits per heavy atom. The summed E-state index contributed by atoms with van der Waals surface area (Å²) in [5, 5.41) is 20.9. The number of nitrogens with zero attached hydrogens (tertiary/aromatic N) is 4. The second kappa shape index (κ2) is 20.7. The summed E-state index contributed by atoms with van der Waals surface area (Å²) >= 11 is 0. The lowest BCUT2D eigenvalue weighted by atomic mass is 9.98. The zero-order valence-electron chi connectivity index (χ0n) is 36.6. The van der Waals surface area contributed by atoms with Crippen molar-refractivity contribution in [2.45, 2.75) is 50.7 Å². The van der Waals surface area contributed by atoms with Gasteiger partial charge in [0.2, 0.25) is 11.2 Å². The van der Waals surface area contributed by atoms with Crippen molar-refractivity contribution in [2.24, 2.45) is 23.3 Å². The highest BCUT2D eigenvalue weighted by atomic mass is 19.1. The van der Waals surface area contributed by atoms with Crippen LogP contribution in [0.4, 0.5) is 8.78 Å². The molecule has 2 aromatic heterocycles. The molecule has 2 saturated heterocycles. The van der Waals surface area contributed by atoms with E-state index in [1.165, 1.54) is 46.2 Å². The van der Waals surface area contributed by atoms with Gasteiger partial charge >= 0.3 is 0 Å². The SMILES string of the molecule is COC[C@@H](C)Cc1ccc(-c2cc(C#C[C@]3(O)CCN(C)C3=O)ccc2F)nc1C(N)=O.COC[C@H](C)Cc1ccc(-c2cc(C#C[C@]3(O)CCN(C)C3=O)ccc2F)nc1C(N)=O. The van der Waals surface area contributed by atoms with Crippen molar-refractivity contribution in [1.82, 2.24) is 19.8 Å². The molecule has 0 spiro atoms. The topological polar surface area (TPSA) is 212 Å². The quantitative estimate of drug-likeness (QED) is 0.152. The first kappa shape index (κ1) is 48.5. The Labute approximate surface area is 371 Å². The monoisotopic (exact) mass is 878 g/mol.